The summed E-state index contributed by atoms with van der Waals surface area (Å²) in [4.78, 5) is 23.7. The molecule has 100 valence electrons. The summed E-state index contributed by atoms with van der Waals surface area (Å²) >= 11 is 0. The van der Waals surface area contributed by atoms with E-state index in [4.69, 9.17) is 9.47 Å². The van der Waals surface area contributed by atoms with Crippen molar-refractivity contribution in [2.75, 3.05) is 0 Å². The van der Waals surface area contributed by atoms with Gasteiger partial charge in [-0.25, -0.2) is 9.59 Å². The van der Waals surface area contributed by atoms with E-state index in [1.807, 2.05) is 13.8 Å². The number of ether oxygens (including phenoxy) is 2. The predicted molar refractivity (Wildman–Crippen MR) is 65.8 cm³/mol. The van der Waals surface area contributed by atoms with Gasteiger partial charge < -0.3 is 9.47 Å². The molecular weight excluding hydrogens is 232 g/mol. The average Bonchev–Trinajstić information content (AvgIpc) is 2.39. The van der Waals surface area contributed by atoms with Gasteiger partial charge in [-0.1, -0.05) is 13.8 Å². The molecule has 2 saturated heterocycles. The molecule has 2 rings (SSSR count). The number of carbonyl (C=O) groups is 2. The molecule has 2 atom stereocenters. The summed E-state index contributed by atoms with van der Waals surface area (Å²) in [5, 5.41) is 0. The van der Waals surface area contributed by atoms with Gasteiger partial charge in [0.25, 0.3) is 0 Å². The Kier molecular flexibility index (Phi) is 4.04. The Morgan fingerprint density at radius 2 is 1.28 bits per heavy atom. The summed E-state index contributed by atoms with van der Waals surface area (Å²) in [6, 6.07) is 0. The third-order valence-electron chi connectivity index (χ3n) is 3.75. The van der Waals surface area contributed by atoms with Crippen LogP contribution in [0, 0.1) is 0 Å². The van der Waals surface area contributed by atoms with Crippen LogP contribution in [0.1, 0.15) is 52.4 Å². The first-order valence-corrected chi connectivity index (χ1v) is 6.79. The van der Waals surface area contributed by atoms with Crippen LogP contribution in [0.25, 0.3) is 0 Å². The minimum absolute atomic E-state index is 0.00449. The summed E-state index contributed by atoms with van der Waals surface area (Å²) in [5.74, 6) is -0.648. The molecule has 0 bridgehead atoms. The Bertz CT molecular complexity index is 347. The molecule has 2 aliphatic heterocycles. The van der Waals surface area contributed by atoms with E-state index in [-0.39, 0.29) is 24.1 Å². The molecule has 0 aromatic rings. The zero-order chi connectivity index (χ0) is 13.1. The molecule has 0 aromatic carbocycles. The van der Waals surface area contributed by atoms with Crippen LogP contribution in [-0.2, 0) is 19.1 Å². The van der Waals surface area contributed by atoms with E-state index in [0.717, 1.165) is 25.7 Å². The number of esters is 2. The van der Waals surface area contributed by atoms with Gasteiger partial charge in [-0.15, -0.1) is 0 Å². The van der Waals surface area contributed by atoms with Gasteiger partial charge in [-0.2, -0.15) is 0 Å². The van der Waals surface area contributed by atoms with Crippen molar-refractivity contribution in [3.05, 3.63) is 11.1 Å². The number of hydrogen-bond acceptors (Lipinski definition) is 4. The Morgan fingerprint density at radius 3 is 1.56 bits per heavy atom. The van der Waals surface area contributed by atoms with Crippen LogP contribution in [0.4, 0.5) is 0 Å². The third kappa shape index (κ3) is 2.57. The molecule has 2 aliphatic rings. The van der Waals surface area contributed by atoms with E-state index in [2.05, 4.69) is 0 Å². The summed E-state index contributed by atoms with van der Waals surface area (Å²) < 4.78 is 10.6. The van der Waals surface area contributed by atoms with E-state index in [9.17, 15) is 9.59 Å². The van der Waals surface area contributed by atoms with Crippen LogP contribution >= 0.6 is 0 Å². The summed E-state index contributed by atoms with van der Waals surface area (Å²) in [6.07, 6.45) is 4.57. The standard InChI is InChI=1S/C14H20O4/c1-3-9-5-7-11(13(15)17-9)12-8-6-10(4-2)18-14(12)16/h9-10H,3-8H2,1-2H3/b12-11-. The molecule has 4 heteroatoms. The normalized spacial score (nSPS) is 33.0. The number of carbonyl (C=O) groups excluding carboxylic acids is 2. The van der Waals surface area contributed by atoms with Crippen molar-refractivity contribution < 1.29 is 19.1 Å². The van der Waals surface area contributed by atoms with Gasteiger partial charge in [0.05, 0.1) is 0 Å². The highest BCUT2D eigenvalue weighted by Gasteiger charge is 2.32. The first-order valence-electron chi connectivity index (χ1n) is 6.79. The lowest BCUT2D eigenvalue weighted by atomic mass is 9.92. The van der Waals surface area contributed by atoms with Crippen molar-refractivity contribution in [3.8, 4) is 0 Å². The predicted octanol–water partition coefficient (Wildman–Crippen LogP) is 2.51. The van der Waals surface area contributed by atoms with Gasteiger partial charge in [0.2, 0.25) is 0 Å². The Balaban J connectivity index is 2.12. The number of hydrogen-bond donors (Lipinski definition) is 0. The molecule has 0 aromatic heterocycles. The Labute approximate surface area is 107 Å². The quantitative estimate of drug-likeness (QED) is 0.559. The average molecular weight is 252 g/mol. The van der Waals surface area contributed by atoms with Crippen molar-refractivity contribution in [2.24, 2.45) is 0 Å². The van der Waals surface area contributed by atoms with Crippen LogP contribution in [0.15, 0.2) is 11.1 Å². The minimum atomic E-state index is -0.324. The monoisotopic (exact) mass is 252 g/mol. The van der Waals surface area contributed by atoms with E-state index in [1.54, 1.807) is 0 Å². The van der Waals surface area contributed by atoms with Crippen LogP contribution < -0.4 is 0 Å². The smallest absolute Gasteiger partial charge is 0.334 e. The van der Waals surface area contributed by atoms with Crippen LogP contribution in [0.3, 0.4) is 0 Å². The van der Waals surface area contributed by atoms with Gasteiger partial charge in [-0.05, 0) is 38.5 Å². The van der Waals surface area contributed by atoms with Crippen LogP contribution in [-0.4, -0.2) is 24.1 Å². The highest BCUT2D eigenvalue weighted by atomic mass is 16.6. The van der Waals surface area contributed by atoms with E-state index < -0.39 is 0 Å². The van der Waals surface area contributed by atoms with E-state index in [0.29, 0.717) is 24.0 Å². The van der Waals surface area contributed by atoms with Gasteiger partial charge in [-0.3, -0.25) is 0 Å². The minimum Gasteiger partial charge on any atom is -0.459 e. The van der Waals surface area contributed by atoms with Crippen molar-refractivity contribution in [3.63, 3.8) is 0 Å². The van der Waals surface area contributed by atoms with E-state index in [1.165, 1.54) is 0 Å². The zero-order valence-corrected chi connectivity index (χ0v) is 11.0. The maximum Gasteiger partial charge on any atom is 0.334 e. The van der Waals surface area contributed by atoms with Crippen LogP contribution in [0.5, 0.6) is 0 Å². The molecule has 0 amide bonds. The van der Waals surface area contributed by atoms with Crippen molar-refractivity contribution in [1.82, 2.24) is 0 Å². The second-order valence-corrected chi connectivity index (χ2v) is 4.91. The Hall–Kier alpha value is -1.32. The lowest BCUT2D eigenvalue weighted by Crippen LogP contribution is -2.31. The highest BCUT2D eigenvalue weighted by Crippen LogP contribution is 2.30. The summed E-state index contributed by atoms with van der Waals surface area (Å²) in [7, 11) is 0. The number of cyclic esters (lactones) is 2. The molecule has 18 heavy (non-hydrogen) atoms. The van der Waals surface area contributed by atoms with Gasteiger partial charge in [0.1, 0.15) is 12.2 Å². The molecule has 4 nitrogen and oxygen atoms in total. The fourth-order valence-corrected chi connectivity index (χ4v) is 2.50. The van der Waals surface area contributed by atoms with Crippen molar-refractivity contribution >= 4 is 11.9 Å². The summed E-state index contributed by atoms with van der Waals surface area (Å²) in [5.41, 5.74) is 1.08. The molecule has 2 heterocycles. The van der Waals surface area contributed by atoms with Crippen LogP contribution in [0.2, 0.25) is 0 Å². The maximum atomic E-state index is 11.9. The molecule has 0 aliphatic carbocycles. The lowest BCUT2D eigenvalue weighted by molar-refractivity contribution is -0.152. The second-order valence-electron chi connectivity index (χ2n) is 4.91. The molecule has 0 N–H and O–H groups in total. The first kappa shape index (κ1) is 13.1. The largest absolute Gasteiger partial charge is 0.459 e. The fourth-order valence-electron chi connectivity index (χ4n) is 2.50. The van der Waals surface area contributed by atoms with E-state index >= 15 is 0 Å². The number of rotatable bonds is 2. The Morgan fingerprint density at radius 1 is 0.889 bits per heavy atom. The lowest BCUT2D eigenvalue weighted by Gasteiger charge is -2.28. The molecular formula is C14H20O4. The maximum absolute atomic E-state index is 11.9. The summed E-state index contributed by atoms with van der Waals surface area (Å²) in [6.45, 7) is 3.99. The SMILES string of the molecule is CCC1CC/C(=C2\CCC(CC)OC2=O)C(=O)O1. The fraction of sp³-hybridized carbons (Fsp3) is 0.714. The molecule has 2 unspecified atom stereocenters. The zero-order valence-electron chi connectivity index (χ0n) is 11.0. The molecule has 0 saturated carbocycles. The highest BCUT2D eigenvalue weighted by molar-refractivity contribution is 6.01. The van der Waals surface area contributed by atoms with Crippen molar-refractivity contribution in [2.45, 2.75) is 64.6 Å². The molecule has 2 fully saturated rings. The third-order valence-corrected chi connectivity index (χ3v) is 3.75. The second kappa shape index (κ2) is 5.55. The molecule has 0 radical (unpaired) electrons. The first-order chi connectivity index (χ1) is 8.65. The van der Waals surface area contributed by atoms with Gasteiger partial charge >= 0.3 is 11.9 Å². The topological polar surface area (TPSA) is 52.6 Å². The van der Waals surface area contributed by atoms with Crippen molar-refractivity contribution in [1.29, 1.82) is 0 Å². The van der Waals surface area contributed by atoms with Gasteiger partial charge in [0, 0.05) is 11.1 Å². The molecule has 0 spiro atoms. The van der Waals surface area contributed by atoms with Gasteiger partial charge in [0.15, 0.2) is 0 Å².